The highest BCUT2D eigenvalue weighted by Gasteiger charge is 2.20. The molecular weight excluding hydrogens is 221 g/mol. The fourth-order valence-electron chi connectivity index (χ4n) is 1.30. The number of carbonyl (C=O) groups is 1. The summed E-state index contributed by atoms with van der Waals surface area (Å²) in [6.45, 7) is -0.662. The molecule has 0 aliphatic rings. The Morgan fingerprint density at radius 3 is 2.67 bits per heavy atom. The number of rotatable bonds is 4. The van der Waals surface area contributed by atoms with Crippen LogP contribution in [0.1, 0.15) is 17.0 Å². The minimum atomic E-state index is -1.03. The molecule has 0 saturated heterocycles. The molecule has 0 amide bonds. The smallest absolute Gasteiger partial charge is 0.312 e. The first-order chi connectivity index (χ1) is 7.10. The van der Waals surface area contributed by atoms with Gasteiger partial charge in [0, 0.05) is 11.6 Å². The molecule has 0 aromatic heterocycles. The van der Waals surface area contributed by atoms with E-state index >= 15 is 0 Å². The summed E-state index contributed by atoms with van der Waals surface area (Å²) in [6, 6.07) is 4.43. The van der Waals surface area contributed by atoms with Crippen molar-refractivity contribution in [2.75, 3.05) is 6.54 Å². The van der Waals surface area contributed by atoms with Crippen LogP contribution in [0.2, 0.25) is 5.02 Å². The van der Waals surface area contributed by atoms with Gasteiger partial charge >= 0.3 is 5.97 Å². The van der Waals surface area contributed by atoms with Crippen molar-refractivity contribution < 1.29 is 14.3 Å². The molecule has 0 radical (unpaired) electrons. The van der Waals surface area contributed by atoms with E-state index in [-0.39, 0.29) is 11.6 Å². The predicted molar refractivity (Wildman–Crippen MR) is 55.7 cm³/mol. The Bertz CT molecular complexity index is 370. The molecule has 0 fully saturated rings. The summed E-state index contributed by atoms with van der Waals surface area (Å²) in [7, 11) is 0. The third kappa shape index (κ3) is 2.67. The lowest BCUT2D eigenvalue weighted by Crippen LogP contribution is -2.21. The lowest BCUT2D eigenvalue weighted by Gasteiger charge is -2.12. The predicted octanol–water partition coefficient (Wildman–Crippen LogP) is 1.94. The van der Waals surface area contributed by atoms with Gasteiger partial charge in [-0.3, -0.25) is 4.79 Å². The van der Waals surface area contributed by atoms with Gasteiger partial charge in [-0.2, -0.15) is 0 Å². The molecule has 1 aromatic carbocycles. The van der Waals surface area contributed by atoms with E-state index in [9.17, 15) is 9.18 Å². The van der Waals surface area contributed by atoms with Gasteiger partial charge in [-0.25, -0.2) is 4.39 Å². The molecule has 82 valence electrons. The quantitative estimate of drug-likeness (QED) is 0.832. The number of aliphatic carboxylic acids is 1. The van der Waals surface area contributed by atoms with Crippen LogP contribution in [-0.2, 0) is 11.5 Å². The fourth-order valence-corrected chi connectivity index (χ4v) is 1.63. The molecular formula is C10H11ClFNO2. The number of hydrogen-bond acceptors (Lipinski definition) is 2. The number of carboxylic acid groups (broad SMARTS) is 1. The van der Waals surface area contributed by atoms with Gasteiger partial charge in [0.15, 0.2) is 0 Å². The number of benzene rings is 1. The van der Waals surface area contributed by atoms with Crippen LogP contribution in [-0.4, -0.2) is 17.6 Å². The third-order valence-corrected chi connectivity index (χ3v) is 2.46. The zero-order valence-electron chi connectivity index (χ0n) is 7.91. The summed E-state index contributed by atoms with van der Waals surface area (Å²) >= 11 is 5.84. The topological polar surface area (TPSA) is 63.3 Å². The molecule has 1 unspecified atom stereocenters. The van der Waals surface area contributed by atoms with Gasteiger partial charge in [0.05, 0.1) is 5.92 Å². The van der Waals surface area contributed by atoms with E-state index in [1.165, 1.54) is 18.2 Å². The minimum absolute atomic E-state index is 0.0377. The number of nitrogens with two attached hydrogens (primary N) is 1. The molecule has 0 spiro atoms. The average Bonchev–Trinajstić information content (AvgIpc) is 2.20. The normalized spacial score (nSPS) is 12.5. The standard InChI is InChI=1S/C10H11ClFNO2/c11-9-3-6(4-12)1-2-7(9)8(5-13)10(14)15/h1-3,8H,4-5,13H2,(H,14,15). The molecule has 1 atom stereocenters. The van der Waals surface area contributed by atoms with Gasteiger partial charge < -0.3 is 10.8 Å². The Labute approximate surface area is 91.7 Å². The van der Waals surface area contributed by atoms with Crippen LogP contribution in [0.5, 0.6) is 0 Å². The highest BCUT2D eigenvalue weighted by atomic mass is 35.5. The summed E-state index contributed by atoms with van der Waals surface area (Å²) in [5, 5.41) is 9.10. The summed E-state index contributed by atoms with van der Waals surface area (Å²) in [5.74, 6) is -1.88. The second kappa shape index (κ2) is 5.09. The van der Waals surface area contributed by atoms with Crippen LogP contribution >= 0.6 is 11.6 Å². The van der Waals surface area contributed by atoms with Crippen molar-refractivity contribution >= 4 is 17.6 Å². The largest absolute Gasteiger partial charge is 0.481 e. The highest BCUT2D eigenvalue weighted by molar-refractivity contribution is 6.31. The van der Waals surface area contributed by atoms with E-state index in [4.69, 9.17) is 22.4 Å². The first kappa shape index (κ1) is 11.9. The van der Waals surface area contributed by atoms with Crippen molar-refractivity contribution in [3.63, 3.8) is 0 Å². The summed E-state index contributed by atoms with van der Waals surface area (Å²) in [4.78, 5) is 10.8. The van der Waals surface area contributed by atoms with Crippen molar-refractivity contribution in [2.24, 2.45) is 5.73 Å². The van der Waals surface area contributed by atoms with Gasteiger partial charge in [-0.1, -0.05) is 23.7 Å². The molecule has 3 nitrogen and oxygen atoms in total. The van der Waals surface area contributed by atoms with Gasteiger partial charge in [-0.05, 0) is 17.2 Å². The average molecular weight is 232 g/mol. The minimum Gasteiger partial charge on any atom is -0.481 e. The Kier molecular flexibility index (Phi) is 4.05. The highest BCUT2D eigenvalue weighted by Crippen LogP contribution is 2.25. The van der Waals surface area contributed by atoms with E-state index in [1.807, 2.05) is 0 Å². The maximum atomic E-state index is 12.3. The van der Waals surface area contributed by atoms with Crippen molar-refractivity contribution in [2.45, 2.75) is 12.6 Å². The number of alkyl halides is 1. The molecule has 0 aliphatic carbocycles. The van der Waals surface area contributed by atoms with Gasteiger partial charge in [-0.15, -0.1) is 0 Å². The fraction of sp³-hybridized carbons (Fsp3) is 0.300. The summed E-state index contributed by atoms with van der Waals surface area (Å²) in [6.07, 6.45) is 0. The number of carboxylic acids is 1. The Balaban J connectivity index is 3.08. The zero-order chi connectivity index (χ0) is 11.4. The van der Waals surface area contributed by atoms with E-state index in [0.717, 1.165) is 0 Å². The molecule has 15 heavy (non-hydrogen) atoms. The molecule has 5 heteroatoms. The lowest BCUT2D eigenvalue weighted by atomic mass is 9.98. The van der Waals surface area contributed by atoms with Crippen molar-refractivity contribution in [1.29, 1.82) is 0 Å². The number of hydrogen-bond donors (Lipinski definition) is 2. The van der Waals surface area contributed by atoms with Crippen molar-refractivity contribution in [1.82, 2.24) is 0 Å². The molecule has 0 saturated carbocycles. The first-order valence-corrected chi connectivity index (χ1v) is 4.75. The maximum Gasteiger partial charge on any atom is 0.312 e. The summed E-state index contributed by atoms with van der Waals surface area (Å²) < 4.78 is 12.3. The Hall–Kier alpha value is -1.13. The second-order valence-corrected chi connectivity index (χ2v) is 3.52. The van der Waals surface area contributed by atoms with Gasteiger partial charge in [0.2, 0.25) is 0 Å². The summed E-state index contributed by atoms with van der Waals surface area (Å²) in [5.41, 5.74) is 6.17. The van der Waals surface area contributed by atoms with Crippen LogP contribution < -0.4 is 5.73 Å². The molecule has 1 rings (SSSR count). The molecule has 1 aromatic rings. The zero-order valence-corrected chi connectivity index (χ0v) is 8.67. The monoisotopic (exact) mass is 231 g/mol. The SMILES string of the molecule is NCC(C(=O)O)c1ccc(CF)cc1Cl. The van der Waals surface area contributed by atoms with Gasteiger partial charge in [0.1, 0.15) is 6.67 Å². The molecule has 0 bridgehead atoms. The second-order valence-electron chi connectivity index (χ2n) is 3.12. The molecule has 0 aliphatic heterocycles. The van der Waals surface area contributed by atoms with Crippen LogP contribution in [0.4, 0.5) is 4.39 Å². The van der Waals surface area contributed by atoms with E-state index < -0.39 is 18.6 Å². The van der Waals surface area contributed by atoms with E-state index in [1.54, 1.807) is 0 Å². The van der Waals surface area contributed by atoms with Crippen LogP contribution in [0.25, 0.3) is 0 Å². The molecule has 0 heterocycles. The van der Waals surface area contributed by atoms with Crippen LogP contribution in [0.15, 0.2) is 18.2 Å². The third-order valence-electron chi connectivity index (χ3n) is 2.13. The van der Waals surface area contributed by atoms with Crippen molar-refractivity contribution in [3.8, 4) is 0 Å². The number of halogens is 2. The van der Waals surface area contributed by atoms with Crippen LogP contribution in [0, 0.1) is 0 Å². The molecule has 3 N–H and O–H groups in total. The van der Waals surface area contributed by atoms with E-state index in [0.29, 0.717) is 11.1 Å². The maximum absolute atomic E-state index is 12.3. The Morgan fingerprint density at radius 2 is 2.27 bits per heavy atom. The van der Waals surface area contributed by atoms with E-state index in [2.05, 4.69) is 0 Å². The lowest BCUT2D eigenvalue weighted by molar-refractivity contribution is -0.138. The Morgan fingerprint density at radius 1 is 1.60 bits per heavy atom. The first-order valence-electron chi connectivity index (χ1n) is 4.37. The van der Waals surface area contributed by atoms with Crippen LogP contribution in [0.3, 0.4) is 0 Å². The van der Waals surface area contributed by atoms with Gasteiger partial charge in [0.25, 0.3) is 0 Å². The van der Waals surface area contributed by atoms with Crippen molar-refractivity contribution in [3.05, 3.63) is 34.3 Å².